The first-order valence-electron chi connectivity index (χ1n) is 7.42. The number of thiophene rings is 1. The molecule has 0 unspecified atom stereocenters. The van der Waals surface area contributed by atoms with Gasteiger partial charge in [0.15, 0.2) is 5.78 Å². The van der Waals surface area contributed by atoms with E-state index in [1.165, 1.54) is 0 Å². The Morgan fingerprint density at radius 2 is 1.82 bits per heavy atom. The zero-order chi connectivity index (χ0) is 16.1. The van der Waals surface area contributed by atoms with Gasteiger partial charge in [0.1, 0.15) is 0 Å². The van der Waals surface area contributed by atoms with Crippen molar-refractivity contribution in [1.82, 2.24) is 5.32 Å². The van der Waals surface area contributed by atoms with Gasteiger partial charge in [0.2, 0.25) is 5.91 Å². The number of hydrogen-bond acceptors (Lipinski definition) is 3. The van der Waals surface area contributed by atoms with Crippen LogP contribution in [-0.4, -0.2) is 11.7 Å². The Hall–Kier alpha value is -1.94. The van der Waals surface area contributed by atoms with Gasteiger partial charge in [-0.1, -0.05) is 30.3 Å². The van der Waals surface area contributed by atoms with Crippen molar-refractivity contribution in [2.75, 3.05) is 0 Å². The molecule has 116 valence electrons. The molecule has 0 saturated heterocycles. The molecule has 0 aliphatic heterocycles. The van der Waals surface area contributed by atoms with Crippen LogP contribution in [0.3, 0.4) is 0 Å². The van der Waals surface area contributed by atoms with Crippen LogP contribution in [0.1, 0.15) is 51.5 Å². The number of Topliss-reactive ketones (excluding diaryl/α,β-unsaturated/α-hetero) is 1. The van der Waals surface area contributed by atoms with E-state index < -0.39 is 0 Å². The molecular formula is C18H21NO2S. The molecule has 2 aromatic rings. The van der Waals surface area contributed by atoms with E-state index in [-0.39, 0.29) is 30.6 Å². The first-order chi connectivity index (χ1) is 10.5. The topological polar surface area (TPSA) is 46.2 Å². The smallest absolute Gasteiger partial charge is 0.220 e. The Balaban J connectivity index is 1.85. The summed E-state index contributed by atoms with van der Waals surface area (Å²) in [6.07, 6.45) is 0.481. The fraction of sp³-hybridized carbons (Fsp3) is 0.333. The zero-order valence-corrected chi connectivity index (χ0v) is 14.0. The summed E-state index contributed by atoms with van der Waals surface area (Å²) in [5.41, 5.74) is 1.82. The molecule has 2 rings (SSSR count). The highest BCUT2D eigenvalue weighted by Gasteiger charge is 2.15. The van der Waals surface area contributed by atoms with Crippen molar-refractivity contribution in [3.63, 3.8) is 0 Å². The third-order valence-electron chi connectivity index (χ3n) is 3.60. The quantitative estimate of drug-likeness (QED) is 0.812. The van der Waals surface area contributed by atoms with E-state index in [0.717, 1.165) is 20.9 Å². The molecule has 1 aromatic carbocycles. The number of amides is 1. The van der Waals surface area contributed by atoms with E-state index in [1.807, 2.05) is 57.2 Å². The summed E-state index contributed by atoms with van der Waals surface area (Å²) < 4.78 is 0. The van der Waals surface area contributed by atoms with Crippen LogP contribution in [0.25, 0.3) is 0 Å². The fourth-order valence-electron chi connectivity index (χ4n) is 2.41. The molecule has 1 atom stereocenters. The number of hydrogen-bond donors (Lipinski definition) is 1. The normalized spacial score (nSPS) is 12.0. The van der Waals surface area contributed by atoms with Gasteiger partial charge >= 0.3 is 0 Å². The predicted octanol–water partition coefficient (Wildman–Crippen LogP) is 4.21. The van der Waals surface area contributed by atoms with Crippen molar-refractivity contribution >= 4 is 23.0 Å². The fourth-order valence-corrected chi connectivity index (χ4v) is 3.35. The minimum absolute atomic E-state index is 0.0457. The Morgan fingerprint density at radius 1 is 1.14 bits per heavy atom. The third-order valence-corrected chi connectivity index (χ3v) is 4.56. The van der Waals surface area contributed by atoms with Gasteiger partial charge in [0.05, 0.1) is 6.04 Å². The van der Waals surface area contributed by atoms with Crippen LogP contribution in [0.15, 0.2) is 36.4 Å². The molecule has 0 saturated carbocycles. The van der Waals surface area contributed by atoms with Gasteiger partial charge in [-0.3, -0.25) is 9.59 Å². The van der Waals surface area contributed by atoms with Crippen molar-refractivity contribution in [3.05, 3.63) is 57.3 Å². The first-order valence-corrected chi connectivity index (χ1v) is 8.23. The van der Waals surface area contributed by atoms with Crippen LogP contribution >= 0.6 is 11.3 Å². The summed E-state index contributed by atoms with van der Waals surface area (Å²) >= 11 is 1.62. The van der Waals surface area contributed by atoms with Crippen LogP contribution in [0.4, 0.5) is 0 Å². The van der Waals surface area contributed by atoms with Gasteiger partial charge in [-0.15, -0.1) is 11.3 Å². The molecule has 0 bridgehead atoms. The van der Waals surface area contributed by atoms with E-state index in [4.69, 9.17) is 0 Å². The summed E-state index contributed by atoms with van der Waals surface area (Å²) in [7, 11) is 0. The van der Waals surface area contributed by atoms with E-state index in [2.05, 4.69) is 5.32 Å². The van der Waals surface area contributed by atoms with Crippen molar-refractivity contribution in [2.24, 2.45) is 0 Å². The van der Waals surface area contributed by atoms with Crippen molar-refractivity contribution in [2.45, 2.75) is 39.7 Å². The highest BCUT2D eigenvalue weighted by Crippen LogP contribution is 2.22. The molecule has 0 aliphatic carbocycles. The summed E-state index contributed by atoms with van der Waals surface area (Å²) in [4.78, 5) is 26.3. The second-order valence-corrected chi connectivity index (χ2v) is 6.91. The average Bonchev–Trinajstić information content (AvgIpc) is 2.84. The van der Waals surface area contributed by atoms with Gasteiger partial charge in [0, 0.05) is 28.2 Å². The molecule has 0 aliphatic rings. The monoisotopic (exact) mass is 315 g/mol. The van der Waals surface area contributed by atoms with Crippen molar-refractivity contribution in [3.8, 4) is 0 Å². The van der Waals surface area contributed by atoms with E-state index in [0.29, 0.717) is 0 Å². The SMILES string of the molecule is Cc1cc(C(=O)CCC(=O)N[C@@H](C)c2ccccc2)c(C)s1. The van der Waals surface area contributed by atoms with Crippen LogP contribution < -0.4 is 5.32 Å². The van der Waals surface area contributed by atoms with Gasteiger partial charge in [0.25, 0.3) is 0 Å². The lowest BCUT2D eigenvalue weighted by Crippen LogP contribution is -2.26. The molecule has 0 radical (unpaired) electrons. The molecule has 0 fully saturated rings. The molecule has 22 heavy (non-hydrogen) atoms. The number of ketones is 1. The van der Waals surface area contributed by atoms with Gasteiger partial charge in [-0.05, 0) is 32.4 Å². The molecule has 1 aromatic heterocycles. The van der Waals surface area contributed by atoms with Crippen molar-refractivity contribution in [1.29, 1.82) is 0 Å². The lowest BCUT2D eigenvalue weighted by atomic mass is 10.1. The number of carbonyl (C=O) groups excluding carboxylic acids is 2. The number of rotatable bonds is 6. The predicted molar refractivity (Wildman–Crippen MR) is 90.4 cm³/mol. The Bertz CT molecular complexity index is 661. The number of carbonyl (C=O) groups is 2. The number of benzene rings is 1. The maximum absolute atomic E-state index is 12.2. The highest BCUT2D eigenvalue weighted by molar-refractivity contribution is 7.12. The minimum Gasteiger partial charge on any atom is -0.350 e. The molecule has 0 spiro atoms. The summed E-state index contributed by atoms with van der Waals surface area (Å²) in [5.74, 6) is -0.0429. The lowest BCUT2D eigenvalue weighted by Gasteiger charge is -2.14. The van der Waals surface area contributed by atoms with Gasteiger partial charge in [-0.2, -0.15) is 0 Å². The standard InChI is InChI=1S/C18H21NO2S/c1-12-11-16(14(3)22-12)17(20)9-10-18(21)19-13(2)15-7-5-4-6-8-15/h4-8,11,13H,9-10H2,1-3H3,(H,19,21)/t13-/m0/s1. The van der Waals surface area contributed by atoms with Gasteiger partial charge in [-0.25, -0.2) is 0 Å². The molecule has 3 nitrogen and oxygen atoms in total. The van der Waals surface area contributed by atoms with E-state index >= 15 is 0 Å². The van der Waals surface area contributed by atoms with E-state index in [1.54, 1.807) is 11.3 Å². The molecule has 1 N–H and O–H groups in total. The summed E-state index contributed by atoms with van der Waals surface area (Å²) in [6.45, 7) is 5.88. The van der Waals surface area contributed by atoms with E-state index in [9.17, 15) is 9.59 Å². The van der Waals surface area contributed by atoms with Crippen LogP contribution in [0.5, 0.6) is 0 Å². The molecule has 1 amide bonds. The second kappa shape index (κ2) is 7.36. The summed E-state index contributed by atoms with van der Waals surface area (Å²) in [6, 6.07) is 11.7. The van der Waals surface area contributed by atoms with Gasteiger partial charge < -0.3 is 5.32 Å². The molecule has 4 heteroatoms. The molecule has 1 heterocycles. The Labute approximate surface area is 135 Å². The molecular weight excluding hydrogens is 294 g/mol. The Kier molecular flexibility index (Phi) is 5.50. The highest BCUT2D eigenvalue weighted by atomic mass is 32.1. The van der Waals surface area contributed by atoms with Crippen LogP contribution in [-0.2, 0) is 4.79 Å². The maximum Gasteiger partial charge on any atom is 0.220 e. The minimum atomic E-state index is -0.0886. The van der Waals surface area contributed by atoms with Crippen LogP contribution in [0, 0.1) is 13.8 Å². The zero-order valence-electron chi connectivity index (χ0n) is 13.2. The number of nitrogens with one attached hydrogen (secondary N) is 1. The third kappa shape index (κ3) is 4.28. The second-order valence-electron chi connectivity index (χ2n) is 5.45. The number of aryl methyl sites for hydroxylation is 2. The lowest BCUT2D eigenvalue weighted by molar-refractivity contribution is -0.121. The maximum atomic E-state index is 12.2. The first kappa shape index (κ1) is 16.4. The largest absolute Gasteiger partial charge is 0.350 e. The Morgan fingerprint density at radius 3 is 2.41 bits per heavy atom. The van der Waals surface area contributed by atoms with Crippen LogP contribution in [0.2, 0.25) is 0 Å². The van der Waals surface area contributed by atoms with Crippen molar-refractivity contribution < 1.29 is 9.59 Å². The average molecular weight is 315 g/mol. The summed E-state index contributed by atoms with van der Waals surface area (Å²) in [5, 5.41) is 2.93.